The van der Waals surface area contributed by atoms with E-state index in [0.717, 1.165) is 22.6 Å². The molecule has 0 spiro atoms. The monoisotopic (exact) mass is 417 g/mol. The second-order valence-corrected chi connectivity index (χ2v) is 7.23. The first-order valence-electron chi connectivity index (χ1n) is 10.0. The van der Waals surface area contributed by atoms with Crippen LogP contribution in [0.25, 0.3) is 0 Å². The quantitative estimate of drug-likeness (QED) is 0.418. The van der Waals surface area contributed by atoms with Crippen molar-refractivity contribution in [3.05, 3.63) is 90.0 Å². The Kier molecular flexibility index (Phi) is 7.65. The fourth-order valence-corrected chi connectivity index (χ4v) is 2.73. The second kappa shape index (κ2) is 10.8. The third kappa shape index (κ3) is 6.89. The molecule has 0 saturated heterocycles. The van der Waals surface area contributed by atoms with Gasteiger partial charge in [0, 0.05) is 19.8 Å². The lowest BCUT2D eigenvalue weighted by molar-refractivity contribution is -0.127. The van der Waals surface area contributed by atoms with Crippen LogP contribution in [0.4, 0.5) is 5.69 Å². The lowest BCUT2D eigenvalue weighted by atomic mass is 10.2. The van der Waals surface area contributed by atoms with Crippen LogP contribution in [0.3, 0.4) is 0 Å². The maximum absolute atomic E-state index is 12.2. The van der Waals surface area contributed by atoms with Gasteiger partial charge in [0.1, 0.15) is 18.1 Å². The zero-order chi connectivity index (χ0) is 22.1. The third-order valence-corrected chi connectivity index (χ3v) is 4.55. The summed E-state index contributed by atoms with van der Waals surface area (Å²) in [5.41, 5.74) is 5.60. The van der Waals surface area contributed by atoms with Crippen molar-refractivity contribution in [2.75, 3.05) is 19.0 Å². The first-order chi connectivity index (χ1) is 15.0. The SMILES string of the molecule is C[C@H](Oc1ccc(OCc2ccccc2)cc1)C(=O)N/N=C\c1ccc(N(C)C)cc1. The van der Waals surface area contributed by atoms with Crippen molar-refractivity contribution in [3.63, 3.8) is 0 Å². The molecule has 0 fully saturated rings. The van der Waals surface area contributed by atoms with Crippen LogP contribution < -0.4 is 19.8 Å². The van der Waals surface area contributed by atoms with Gasteiger partial charge in [0.2, 0.25) is 0 Å². The van der Waals surface area contributed by atoms with Gasteiger partial charge in [0.15, 0.2) is 6.10 Å². The number of hydrogen-bond acceptors (Lipinski definition) is 5. The van der Waals surface area contributed by atoms with E-state index in [1.165, 1.54) is 0 Å². The molecule has 6 heteroatoms. The van der Waals surface area contributed by atoms with Crippen molar-refractivity contribution in [2.45, 2.75) is 19.6 Å². The number of hydrogen-bond donors (Lipinski definition) is 1. The van der Waals surface area contributed by atoms with Crippen molar-refractivity contribution in [1.29, 1.82) is 0 Å². The predicted octanol–water partition coefficient (Wildman–Crippen LogP) is 4.25. The molecule has 0 saturated carbocycles. The van der Waals surface area contributed by atoms with Crippen LogP contribution in [0, 0.1) is 0 Å². The van der Waals surface area contributed by atoms with Crippen molar-refractivity contribution in [2.24, 2.45) is 5.10 Å². The number of nitrogens with zero attached hydrogens (tertiary/aromatic N) is 2. The molecule has 160 valence electrons. The molecule has 1 amide bonds. The molecule has 31 heavy (non-hydrogen) atoms. The molecule has 1 atom stereocenters. The van der Waals surface area contributed by atoms with Gasteiger partial charge in [-0.25, -0.2) is 5.43 Å². The summed E-state index contributed by atoms with van der Waals surface area (Å²) in [6.45, 7) is 2.17. The van der Waals surface area contributed by atoms with Gasteiger partial charge in [0.25, 0.3) is 5.91 Å². The number of carbonyl (C=O) groups is 1. The van der Waals surface area contributed by atoms with Crippen LogP contribution in [0.15, 0.2) is 84.0 Å². The van der Waals surface area contributed by atoms with Gasteiger partial charge in [-0.2, -0.15) is 5.10 Å². The molecule has 3 rings (SSSR count). The van der Waals surface area contributed by atoms with Crippen molar-refractivity contribution < 1.29 is 14.3 Å². The van der Waals surface area contributed by atoms with E-state index in [2.05, 4.69) is 10.5 Å². The maximum Gasteiger partial charge on any atom is 0.280 e. The first kappa shape index (κ1) is 21.9. The van der Waals surface area contributed by atoms with Crippen LogP contribution in [-0.2, 0) is 11.4 Å². The molecule has 3 aromatic carbocycles. The maximum atomic E-state index is 12.2. The lowest BCUT2D eigenvalue weighted by Crippen LogP contribution is -2.33. The van der Waals surface area contributed by atoms with Gasteiger partial charge in [-0.05, 0) is 54.4 Å². The number of ether oxygens (including phenoxy) is 2. The van der Waals surface area contributed by atoms with Crippen molar-refractivity contribution >= 4 is 17.8 Å². The molecule has 3 aromatic rings. The second-order valence-electron chi connectivity index (χ2n) is 7.23. The Labute approximate surface area is 183 Å². The van der Waals surface area contributed by atoms with E-state index in [0.29, 0.717) is 12.4 Å². The number of rotatable bonds is 9. The first-order valence-corrected chi connectivity index (χ1v) is 10.0. The number of amides is 1. The van der Waals surface area contributed by atoms with Crippen LogP contribution in [0.5, 0.6) is 11.5 Å². The molecule has 1 N–H and O–H groups in total. The number of nitrogens with one attached hydrogen (secondary N) is 1. The molecule has 0 heterocycles. The smallest absolute Gasteiger partial charge is 0.280 e. The summed E-state index contributed by atoms with van der Waals surface area (Å²) in [4.78, 5) is 14.2. The molecular weight excluding hydrogens is 390 g/mol. The lowest BCUT2D eigenvalue weighted by Gasteiger charge is -2.13. The van der Waals surface area contributed by atoms with E-state index in [-0.39, 0.29) is 5.91 Å². The normalized spacial score (nSPS) is 11.7. The number of hydrazone groups is 1. The molecule has 0 aromatic heterocycles. The Hall–Kier alpha value is -3.80. The summed E-state index contributed by atoms with van der Waals surface area (Å²) >= 11 is 0. The summed E-state index contributed by atoms with van der Waals surface area (Å²) in [5.74, 6) is 0.988. The van der Waals surface area contributed by atoms with Crippen LogP contribution in [0.1, 0.15) is 18.1 Å². The molecule has 0 unspecified atom stereocenters. The van der Waals surface area contributed by atoms with Crippen LogP contribution >= 0.6 is 0 Å². The van der Waals surface area contributed by atoms with E-state index >= 15 is 0 Å². The summed E-state index contributed by atoms with van der Waals surface area (Å²) in [6.07, 6.45) is 0.910. The summed E-state index contributed by atoms with van der Waals surface area (Å²) < 4.78 is 11.5. The van der Waals surface area contributed by atoms with Crippen LogP contribution in [-0.4, -0.2) is 32.3 Å². The predicted molar refractivity (Wildman–Crippen MR) is 124 cm³/mol. The van der Waals surface area contributed by atoms with E-state index < -0.39 is 6.10 Å². The Morgan fingerprint density at radius 2 is 1.61 bits per heavy atom. The fraction of sp³-hybridized carbons (Fsp3) is 0.200. The van der Waals surface area contributed by atoms with E-state index in [1.807, 2.05) is 85.7 Å². The standard InChI is InChI=1S/C25H27N3O3/c1-19(25(29)27-26-17-20-9-11-22(12-10-20)28(2)3)31-24-15-13-23(14-16-24)30-18-21-7-5-4-6-8-21/h4-17,19H,18H2,1-3H3,(H,27,29)/b26-17-/t19-/m0/s1. The topological polar surface area (TPSA) is 63.2 Å². The summed E-state index contributed by atoms with van der Waals surface area (Å²) in [6, 6.07) is 25.0. The van der Waals surface area contributed by atoms with Gasteiger partial charge in [-0.1, -0.05) is 42.5 Å². The van der Waals surface area contributed by atoms with Crippen LogP contribution in [0.2, 0.25) is 0 Å². The molecule has 6 nitrogen and oxygen atoms in total. The minimum absolute atomic E-state index is 0.328. The van der Waals surface area contributed by atoms with Gasteiger partial charge < -0.3 is 14.4 Å². The minimum Gasteiger partial charge on any atom is -0.489 e. The minimum atomic E-state index is -0.690. The highest BCUT2D eigenvalue weighted by Gasteiger charge is 2.14. The largest absolute Gasteiger partial charge is 0.489 e. The van der Waals surface area contributed by atoms with Gasteiger partial charge in [-0.15, -0.1) is 0 Å². The van der Waals surface area contributed by atoms with Gasteiger partial charge in [-0.3, -0.25) is 4.79 Å². The van der Waals surface area contributed by atoms with Gasteiger partial charge in [0.05, 0.1) is 6.21 Å². The highest BCUT2D eigenvalue weighted by atomic mass is 16.5. The molecule has 0 aliphatic rings. The Morgan fingerprint density at radius 1 is 0.968 bits per heavy atom. The number of carbonyl (C=O) groups excluding carboxylic acids is 1. The van der Waals surface area contributed by atoms with E-state index in [1.54, 1.807) is 25.3 Å². The van der Waals surface area contributed by atoms with Crippen molar-refractivity contribution in [1.82, 2.24) is 5.43 Å². The Balaban J connectivity index is 1.45. The average Bonchev–Trinajstić information content (AvgIpc) is 2.79. The summed E-state index contributed by atoms with van der Waals surface area (Å²) in [7, 11) is 3.96. The third-order valence-electron chi connectivity index (χ3n) is 4.55. The fourth-order valence-electron chi connectivity index (χ4n) is 2.73. The molecule has 0 aliphatic heterocycles. The zero-order valence-electron chi connectivity index (χ0n) is 18.0. The Morgan fingerprint density at radius 3 is 2.26 bits per heavy atom. The molecule has 0 bridgehead atoms. The van der Waals surface area contributed by atoms with E-state index in [9.17, 15) is 4.79 Å². The van der Waals surface area contributed by atoms with Crippen molar-refractivity contribution in [3.8, 4) is 11.5 Å². The zero-order valence-corrected chi connectivity index (χ0v) is 18.0. The van der Waals surface area contributed by atoms with Gasteiger partial charge >= 0.3 is 0 Å². The summed E-state index contributed by atoms with van der Waals surface area (Å²) in [5, 5.41) is 4.01. The number of benzene rings is 3. The number of anilines is 1. The highest BCUT2D eigenvalue weighted by molar-refractivity contribution is 5.84. The Bertz CT molecular complexity index is 985. The highest BCUT2D eigenvalue weighted by Crippen LogP contribution is 2.19. The average molecular weight is 418 g/mol. The molecule has 0 radical (unpaired) electrons. The molecule has 0 aliphatic carbocycles. The van der Waals surface area contributed by atoms with E-state index in [4.69, 9.17) is 9.47 Å². The molecular formula is C25H27N3O3.